The predicted molar refractivity (Wildman–Crippen MR) is 81.8 cm³/mol. The second-order valence-electron chi connectivity index (χ2n) is 4.60. The van der Waals surface area contributed by atoms with E-state index in [1.807, 2.05) is 32.0 Å². The fourth-order valence-corrected chi connectivity index (χ4v) is 2.15. The van der Waals surface area contributed by atoms with Crippen molar-refractivity contribution < 1.29 is 9.21 Å². The topological polar surface area (TPSA) is 33.5 Å². The lowest BCUT2D eigenvalue weighted by Crippen LogP contribution is -2.35. The first-order valence-electron chi connectivity index (χ1n) is 6.39. The third-order valence-electron chi connectivity index (χ3n) is 2.80. The second-order valence-corrected chi connectivity index (χ2v) is 5.01. The van der Waals surface area contributed by atoms with Crippen LogP contribution in [0.1, 0.15) is 19.6 Å². The van der Waals surface area contributed by atoms with Crippen molar-refractivity contribution in [3.8, 4) is 0 Å². The fourth-order valence-electron chi connectivity index (χ4n) is 1.92. The van der Waals surface area contributed by atoms with Crippen LogP contribution in [-0.4, -0.2) is 11.9 Å². The van der Waals surface area contributed by atoms with E-state index in [1.165, 1.54) is 6.08 Å². The highest BCUT2D eigenvalue weighted by atomic mass is 35.5. The smallest absolute Gasteiger partial charge is 0.251 e. The molecule has 0 fully saturated rings. The molecule has 0 radical (unpaired) electrons. The van der Waals surface area contributed by atoms with Crippen LogP contribution >= 0.6 is 11.6 Å². The standard InChI is InChI=1S/C16H16ClNO2/c1-12(2)18(15-8-4-3-7-14(15)17)16(19)10-9-13-6-5-11-20-13/h3-12H,1-2H3. The number of benzene rings is 1. The zero-order valence-corrected chi connectivity index (χ0v) is 12.2. The quantitative estimate of drug-likeness (QED) is 0.782. The minimum absolute atomic E-state index is 0.00338. The number of hydrogen-bond donors (Lipinski definition) is 0. The summed E-state index contributed by atoms with van der Waals surface area (Å²) in [4.78, 5) is 14.0. The number of para-hydroxylation sites is 1. The van der Waals surface area contributed by atoms with E-state index in [4.69, 9.17) is 16.0 Å². The maximum Gasteiger partial charge on any atom is 0.251 e. The Morgan fingerprint density at radius 3 is 2.60 bits per heavy atom. The first-order valence-corrected chi connectivity index (χ1v) is 6.76. The maximum absolute atomic E-state index is 12.4. The molecule has 0 spiro atoms. The molecule has 0 saturated carbocycles. The van der Waals surface area contributed by atoms with E-state index in [9.17, 15) is 4.79 Å². The number of carbonyl (C=O) groups excluding carboxylic acids is 1. The second kappa shape index (κ2) is 6.44. The third kappa shape index (κ3) is 3.31. The molecule has 1 heterocycles. The first kappa shape index (κ1) is 14.4. The van der Waals surface area contributed by atoms with Gasteiger partial charge in [-0.1, -0.05) is 23.7 Å². The highest BCUT2D eigenvalue weighted by Crippen LogP contribution is 2.27. The number of anilines is 1. The summed E-state index contributed by atoms with van der Waals surface area (Å²) in [6.45, 7) is 3.89. The number of halogens is 1. The number of hydrogen-bond acceptors (Lipinski definition) is 2. The van der Waals surface area contributed by atoms with Crippen molar-refractivity contribution in [3.63, 3.8) is 0 Å². The van der Waals surface area contributed by atoms with Gasteiger partial charge in [0.1, 0.15) is 5.76 Å². The van der Waals surface area contributed by atoms with Gasteiger partial charge in [0.05, 0.1) is 17.0 Å². The van der Waals surface area contributed by atoms with Crippen LogP contribution in [0.5, 0.6) is 0 Å². The van der Waals surface area contributed by atoms with E-state index < -0.39 is 0 Å². The molecule has 0 aliphatic heterocycles. The van der Waals surface area contributed by atoms with Crippen LogP contribution in [0.4, 0.5) is 5.69 Å². The molecule has 1 aromatic carbocycles. The number of furan rings is 1. The van der Waals surface area contributed by atoms with Crippen LogP contribution in [0.2, 0.25) is 5.02 Å². The summed E-state index contributed by atoms with van der Waals surface area (Å²) >= 11 is 6.17. The number of amides is 1. The summed E-state index contributed by atoms with van der Waals surface area (Å²) in [5.41, 5.74) is 0.707. The van der Waals surface area contributed by atoms with Gasteiger partial charge in [0.2, 0.25) is 0 Å². The van der Waals surface area contributed by atoms with Crippen molar-refractivity contribution in [1.29, 1.82) is 0 Å². The lowest BCUT2D eigenvalue weighted by atomic mass is 10.2. The molecule has 1 aromatic heterocycles. The Bertz CT molecular complexity index is 603. The molecule has 0 atom stereocenters. The highest BCUT2D eigenvalue weighted by molar-refractivity contribution is 6.34. The number of carbonyl (C=O) groups is 1. The summed E-state index contributed by atoms with van der Waals surface area (Å²) < 4.78 is 5.17. The Morgan fingerprint density at radius 1 is 1.25 bits per heavy atom. The maximum atomic E-state index is 12.4. The van der Waals surface area contributed by atoms with E-state index in [2.05, 4.69) is 0 Å². The normalized spacial score (nSPS) is 11.2. The monoisotopic (exact) mass is 289 g/mol. The lowest BCUT2D eigenvalue weighted by Gasteiger charge is -2.26. The fraction of sp³-hybridized carbons (Fsp3) is 0.188. The molecule has 104 valence electrons. The molecular weight excluding hydrogens is 274 g/mol. The van der Waals surface area contributed by atoms with Gasteiger partial charge < -0.3 is 9.32 Å². The van der Waals surface area contributed by atoms with Gasteiger partial charge in [-0.15, -0.1) is 0 Å². The van der Waals surface area contributed by atoms with E-state index >= 15 is 0 Å². The largest absolute Gasteiger partial charge is 0.465 e. The van der Waals surface area contributed by atoms with Gasteiger partial charge in [0.25, 0.3) is 5.91 Å². The summed E-state index contributed by atoms with van der Waals surface area (Å²) in [5, 5.41) is 0.556. The molecule has 0 aliphatic carbocycles. The SMILES string of the molecule is CC(C)N(C(=O)C=Cc1ccco1)c1ccccc1Cl. The summed E-state index contributed by atoms with van der Waals surface area (Å²) in [6.07, 6.45) is 4.70. The average molecular weight is 290 g/mol. The van der Waals surface area contributed by atoms with Gasteiger partial charge in [0.15, 0.2) is 0 Å². The Balaban J connectivity index is 2.25. The predicted octanol–water partition coefficient (Wildman–Crippen LogP) is 4.39. The summed E-state index contributed by atoms with van der Waals surface area (Å²) in [6, 6.07) is 10.9. The van der Waals surface area contributed by atoms with Crippen molar-refractivity contribution in [1.82, 2.24) is 0 Å². The van der Waals surface area contributed by atoms with E-state index in [0.29, 0.717) is 16.5 Å². The van der Waals surface area contributed by atoms with Crippen molar-refractivity contribution in [2.75, 3.05) is 4.90 Å². The Morgan fingerprint density at radius 2 is 2.00 bits per heavy atom. The molecule has 4 heteroatoms. The van der Waals surface area contributed by atoms with E-state index in [0.717, 1.165) is 0 Å². The molecule has 2 aromatic rings. The lowest BCUT2D eigenvalue weighted by molar-refractivity contribution is -0.114. The zero-order chi connectivity index (χ0) is 14.5. The van der Waals surface area contributed by atoms with E-state index in [-0.39, 0.29) is 11.9 Å². The minimum atomic E-state index is -0.135. The first-order chi connectivity index (χ1) is 9.59. The highest BCUT2D eigenvalue weighted by Gasteiger charge is 2.18. The summed E-state index contributed by atoms with van der Waals surface area (Å²) in [7, 11) is 0. The molecule has 0 saturated heterocycles. The molecule has 20 heavy (non-hydrogen) atoms. The van der Waals surface area contributed by atoms with Crippen molar-refractivity contribution >= 4 is 29.3 Å². The minimum Gasteiger partial charge on any atom is -0.465 e. The molecule has 1 amide bonds. The van der Waals surface area contributed by atoms with Gasteiger partial charge in [-0.2, -0.15) is 0 Å². The van der Waals surface area contributed by atoms with Crippen LogP contribution in [0.25, 0.3) is 6.08 Å². The summed E-state index contributed by atoms with van der Waals surface area (Å²) in [5.74, 6) is 0.505. The van der Waals surface area contributed by atoms with Crippen molar-refractivity contribution in [2.24, 2.45) is 0 Å². The van der Waals surface area contributed by atoms with Crippen molar-refractivity contribution in [2.45, 2.75) is 19.9 Å². The van der Waals surface area contributed by atoms with Gasteiger partial charge in [-0.3, -0.25) is 4.79 Å². The third-order valence-corrected chi connectivity index (χ3v) is 3.12. The van der Waals surface area contributed by atoms with Gasteiger partial charge in [-0.25, -0.2) is 0 Å². The van der Waals surface area contributed by atoms with E-state index in [1.54, 1.807) is 35.4 Å². The molecule has 2 rings (SSSR count). The number of nitrogens with zero attached hydrogens (tertiary/aromatic N) is 1. The molecule has 0 aliphatic rings. The Hall–Kier alpha value is -2.00. The Kier molecular flexibility index (Phi) is 4.64. The zero-order valence-electron chi connectivity index (χ0n) is 11.4. The van der Waals surface area contributed by atoms with Gasteiger partial charge >= 0.3 is 0 Å². The van der Waals surface area contributed by atoms with Crippen molar-refractivity contribution in [3.05, 3.63) is 59.5 Å². The van der Waals surface area contributed by atoms with Crippen LogP contribution in [0.3, 0.4) is 0 Å². The van der Waals surface area contributed by atoms with Gasteiger partial charge in [-0.05, 0) is 44.2 Å². The molecule has 3 nitrogen and oxygen atoms in total. The van der Waals surface area contributed by atoms with Crippen LogP contribution in [0, 0.1) is 0 Å². The average Bonchev–Trinajstić information content (AvgIpc) is 2.92. The van der Waals surface area contributed by atoms with Crippen LogP contribution in [0.15, 0.2) is 53.2 Å². The molecule has 0 N–H and O–H groups in total. The van der Waals surface area contributed by atoms with Crippen LogP contribution in [-0.2, 0) is 4.79 Å². The molecule has 0 bridgehead atoms. The molecular formula is C16H16ClNO2. The molecule has 0 unspecified atom stereocenters. The van der Waals surface area contributed by atoms with Crippen LogP contribution < -0.4 is 4.90 Å². The van der Waals surface area contributed by atoms with Gasteiger partial charge in [0, 0.05) is 12.1 Å². The Labute approximate surface area is 123 Å². The number of rotatable bonds is 4.